The van der Waals surface area contributed by atoms with Gasteiger partial charge in [-0.05, 0) is 28.3 Å². The molecule has 6 nitrogen and oxygen atoms in total. The van der Waals surface area contributed by atoms with E-state index in [0.29, 0.717) is 0 Å². The van der Waals surface area contributed by atoms with Crippen LogP contribution in [0.4, 0.5) is 0 Å². The van der Waals surface area contributed by atoms with Crippen LogP contribution >= 0.6 is 11.8 Å². The molecule has 0 saturated carbocycles. The lowest BCUT2D eigenvalue weighted by molar-refractivity contribution is 0.174. The normalized spacial score (nSPS) is 13.0. The van der Waals surface area contributed by atoms with Crippen LogP contribution in [0.5, 0.6) is 11.5 Å². The van der Waals surface area contributed by atoms with Gasteiger partial charge in [-0.25, -0.2) is 0 Å². The van der Waals surface area contributed by atoms with Gasteiger partial charge in [-0.15, -0.1) is 5.10 Å². The second-order valence-corrected chi connectivity index (χ2v) is 4.58. The third-order valence-corrected chi connectivity index (χ3v) is 3.12. The molecule has 1 aromatic heterocycles. The number of tetrazole rings is 1. The molecule has 2 heterocycles. The highest BCUT2D eigenvalue weighted by molar-refractivity contribution is 7.99. The maximum Gasteiger partial charge on any atom is 0.231 e. The predicted octanol–water partition coefficient (Wildman–Crippen LogP) is 1.50. The Hall–Kier alpha value is -1.76. The number of nitrogens with zero attached hydrogens (tertiary/aromatic N) is 4. The van der Waals surface area contributed by atoms with Crippen LogP contribution < -0.4 is 9.47 Å². The van der Waals surface area contributed by atoms with E-state index < -0.39 is 0 Å². The van der Waals surface area contributed by atoms with Gasteiger partial charge in [0.25, 0.3) is 0 Å². The molecule has 7 heteroatoms. The van der Waals surface area contributed by atoms with E-state index in [1.54, 1.807) is 16.4 Å². The van der Waals surface area contributed by atoms with Gasteiger partial charge in [0.05, 0.1) is 5.69 Å². The van der Waals surface area contributed by atoms with Crippen molar-refractivity contribution in [3.8, 4) is 17.2 Å². The molecule has 0 aliphatic carbocycles. The van der Waals surface area contributed by atoms with E-state index in [2.05, 4.69) is 22.4 Å². The summed E-state index contributed by atoms with van der Waals surface area (Å²) < 4.78 is 12.3. The molecule has 3 rings (SSSR count). The van der Waals surface area contributed by atoms with Crippen molar-refractivity contribution in [1.82, 2.24) is 20.2 Å². The first-order valence-corrected chi connectivity index (χ1v) is 6.18. The minimum Gasteiger partial charge on any atom is -0.454 e. The summed E-state index contributed by atoms with van der Waals surface area (Å²) >= 11 is 1.59. The number of aromatic nitrogens is 4. The molecule has 0 saturated heterocycles. The van der Waals surface area contributed by atoms with Crippen LogP contribution in [-0.4, -0.2) is 32.8 Å². The van der Waals surface area contributed by atoms with Crippen LogP contribution in [0.25, 0.3) is 5.69 Å². The van der Waals surface area contributed by atoms with Crippen molar-refractivity contribution in [2.24, 2.45) is 0 Å². The summed E-state index contributed by atoms with van der Waals surface area (Å²) in [4.78, 5) is 0. The first kappa shape index (κ1) is 10.4. The molecule has 0 radical (unpaired) electrons. The zero-order chi connectivity index (χ0) is 11.7. The van der Waals surface area contributed by atoms with Crippen molar-refractivity contribution >= 4 is 11.8 Å². The molecular formula is C10H10N4O2S. The fraction of sp³-hybridized carbons (Fsp3) is 0.300. The van der Waals surface area contributed by atoms with Gasteiger partial charge in [-0.2, -0.15) is 4.68 Å². The molecule has 0 fully saturated rings. The third-order valence-electron chi connectivity index (χ3n) is 2.32. The number of fused-ring (bicyclic) bond motifs is 1. The van der Waals surface area contributed by atoms with Crippen molar-refractivity contribution in [3.63, 3.8) is 0 Å². The highest BCUT2D eigenvalue weighted by Gasteiger charge is 2.16. The van der Waals surface area contributed by atoms with Crippen LogP contribution in [0.15, 0.2) is 23.4 Å². The van der Waals surface area contributed by atoms with Crippen molar-refractivity contribution in [2.75, 3.05) is 12.5 Å². The maximum atomic E-state index is 5.33. The Balaban J connectivity index is 2.00. The van der Waals surface area contributed by atoms with Gasteiger partial charge in [0.2, 0.25) is 11.9 Å². The quantitative estimate of drug-likeness (QED) is 0.769. The smallest absolute Gasteiger partial charge is 0.231 e. The Labute approximate surface area is 102 Å². The van der Waals surface area contributed by atoms with E-state index in [-0.39, 0.29) is 6.79 Å². The van der Waals surface area contributed by atoms with Crippen LogP contribution in [0, 0.1) is 0 Å². The highest BCUT2D eigenvalue weighted by Crippen LogP contribution is 2.34. The fourth-order valence-corrected chi connectivity index (χ4v) is 2.19. The van der Waals surface area contributed by atoms with E-state index in [1.165, 1.54) is 0 Å². The number of benzene rings is 1. The highest BCUT2D eigenvalue weighted by atomic mass is 32.2. The van der Waals surface area contributed by atoms with Crippen molar-refractivity contribution in [3.05, 3.63) is 18.2 Å². The van der Waals surface area contributed by atoms with Crippen molar-refractivity contribution in [1.29, 1.82) is 0 Å². The Kier molecular flexibility index (Phi) is 2.60. The van der Waals surface area contributed by atoms with Crippen LogP contribution in [0.3, 0.4) is 0 Å². The molecule has 1 aliphatic rings. The van der Waals surface area contributed by atoms with Crippen molar-refractivity contribution < 1.29 is 9.47 Å². The van der Waals surface area contributed by atoms with Gasteiger partial charge >= 0.3 is 0 Å². The Bertz CT molecular complexity index is 543. The number of thioether (sulfide) groups is 1. The topological polar surface area (TPSA) is 62.1 Å². The maximum absolute atomic E-state index is 5.33. The molecule has 17 heavy (non-hydrogen) atoms. The monoisotopic (exact) mass is 250 g/mol. The zero-order valence-corrected chi connectivity index (χ0v) is 9.98. The first-order valence-electron chi connectivity index (χ1n) is 5.19. The third kappa shape index (κ3) is 1.82. The lowest BCUT2D eigenvalue weighted by atomic mass is 10.3. The number of hydrogen-bond donors (Lipinski definition) is 0. The minimum atomic E-state index is 0.269. The van der Waals surface area contributed by atoms with Gasteiger partial charge in [0.1, 0.15) is 0 Å². The van der Waals surface area contributed by atoms with E-state index in [0.717, 1.165) is 28.1 Å². The average Bonchev–Trinajstić information content (AvgIpc) is 2.96. The van der Waals surface area contributed by atoms with Crippen LogP contribution in [0.1, 0.15) is 6.92 Å². The fourth-order valence-electron chi connectivity index (χ4n) is 1.58. The lowest BCUT2D eigenvalue weighted by Gasteiger charge is -2.04. The summed E-state index contributed by atoms with van der Waals surface area (Å²) in [5.74, 6) is 2.40. The molecule has 0 unspecified atom stereocenters. The summed E-state index contributed by atoms with van der Waals surface area (Å²) in [5, 5.41) is 12.4. The lowest BCUT2D eigenvalue weighted by Crippen LogP contribution is -1.99. The first-order chi connectivity index (χ1) is 8.38. The molecule has 88 valence electrons. The number of hydrogen-bond acceptors (Lipinski definition) is 6. The van der Waals surface area contributed by atoms with E-state index in [4.69, 9.17) is 9.47 Å². The molecule has 0 bridgehead atoms. The Morgan fingerprint density at radius 2 is 2.24 bits per heavy atom. The van der Waals surface area contributed by atoms with Crippen LogP contribution in [-0.2, 0) is 0 Å². The van der Waals surface area contributed by atoms with Gasteiger partial charge in [-0.3, -0.25) is 0 Å². The average molecular weight is 250 g/mol. The Morgan fingerprint density at radius 1 is 1.35 bits per heavy atom. The van der Waals surface area contributed by atoms with Gasteiger partial charge in [0.15, 0.2) is 11.5 Å². The van der Waals surface area contributed by atoms with Crippen molar-refractivity contribution in [2.45, 2.75) is 12.1 Å². The van der Waals surface area contributed by atoms with Gasteiger partial charge in [0, 0.05) is 6.07 Å². The summed E-state index contributed by atoms with van der Waals surface area (Å²) in [6.07, 6.45) is 0. The molecule has 2 aromatic rings. The zero-order valence-electron chi connectivity index (χ0n) is 9.16. The van der Waals surface area contributed by atoms with E-state index in [1.807, 2.05) is 18.2 Å². The van der Waals surface area contributed by atoms with Gasteiger partial charge < -0.3 is 9.47 Å². The molecule has 0 N–H and O–H groups in total. The predicted molar refractivity (Wildman–Crippen MR) is 61.7 cm³/mol. The summed E-state index contributed by atoms with van der Waals surface area (Å²) in [6, 6.07) is 5.64. The largest absolute Gasteiger partial charge is 0.454 e. The van der Waals surface area contributed by atoms with Gasteiger partial charge in [-0.1, -0.05) is 18.7 Å². The SMILES string of the molecule is CCSc1nnnn1-c1ccc2c(c1)OCO2. The molecule has 0 atom stereocenters. The van der Waals surface area contributed by atoms with E-state index in [9.17, 15) is 0 Å². The minimum absolute atomic E-state index is 0.269. The molecular weight excluding hydrogens is 240 g/mol. The Morgan fingerprint density at radius 3 is 3.12 bits per heavy atom. The summed E-state index contributed by atoms with van der Waals surface area (Å²) in [7, 11) is 0. The number of rotatable bonds is 3. The molecule has 0 amide bonds. The second-order valence-electron chi connectivity index (χ2n) is 3.34. The molecule has 1 aliphatic heterocycles. The summed E-state index contributed by atoms with van der Waals surface area (Å²) in [6.45, 7) is 2.33. The second kappa shape index (κ2) is 4.25. The summed E-state index contributed by atoms with van der Waals surface area (Å²) in [5.41, 5.74) is 0.871. The standard InChI is InChI=1S/C10H10N4O2S/c1-2-17-10-11-12-13-14(10)7-3-4-8-9(5-7)16-6-15-8/h3-5H,2,6H2,1H3. The van der Waals surface area contributed by atoms with E-state index >= 15 is 0 Å². The van der Waals surface area contributed by atoms with Crippen LogP contribution in [0.2, 0.25) is 0 Å². The molecule has 1 aromatic carbocycles. The number of ether oxygens (including phenoxy) is 2. The molecule has 0 spiro atoms.